The van der Waals surface area contributed by atoms with Gasteiger partial charge >= 0.3 is 12.1 Å². The fourth-order valence-corrected chi connectivity index (χ4v) is 2.08. The van der Waals surface area contributed by atoms with Crippen molar-refractivity contribution in [3.05, 3.63) is 29.3 Å². The number of ether oxygens (including phenoxy) is 1. The van der Waals surface area contributed by atoms with Crippen LogP contribution >= 0.6 is 11.9 Å². The van der Waals surface area contributed by atoms with Gasteiger partial charge in [0.1, 0.15) is 5.60 Å². The number of amides is 1. The average molecular weight is 326 g/mol. The number of hydrogen-bond acceptors (Lipinski definition) is 5. The number of carboxylic acid groups (broad SMARTS) is 1. The van der Waals surface area contributed by atoms with Crippen molar-refractivity contribution in [1.29, 1.82) is 0 Å². The monoisotopic (exact) mass is 326 g/mol. The molecule has 7 heteroatoms. The van der Waals surface area contributed by atoms with E-state index in [4.69, 9.17) is 4.74 Å². The van der Waals surface area contributed by atoms with Crippen molar-refractivity contribution in [3.63, 3.8) is 0 Å². The highest BCUT2D eigenvalue weighted by Crippen LogP contribution is 2.25. The lowest BCUT2D eigenvalue weighted by Crippen LogP contribution is -2.32. The molecule has 22 heavy (non-hydrogen) atoms. The maximum Gasteiger partial charge on any atom is 0.407 e. The first-order valence-corrected chi connectivity index (χ1v) is 7.93. The molecule has 0 aliphatic heterocycles. The Balaban J connectivity index is 2.83. The molecule has 0 fully saturated rings. The highest BCUT2D eigenvalue weighted by Gasteiger charge is 2.17. The number of carboxylic acids is 1. The third-order valence-electron chi connectivity index (χ3n) is 2.74. The van der Waals surface area contributed by atoms with E-state index >= 15 is 0 Å². The van der Waals surface area contributed by atoms with Crippen LogP contribution in [-0.4, -0.2) is 36.1 Å². The van der Waals surface area contributed by atoms with E-state index in [1.54, 1.807) is 50.3 Å². The number of carbonyl (C=O) groups excluding carboxylic acids is 1. The predicted octanol–water partition coefficient (Wildman–Crippen LogP) is 3.12. The summed E-state index contributed by atoms with van der Waals surface area (Å²) in [4.78, 5) is 23.0. The van der Waals surface area contributed by atoms with Gasteiger partial charge in [0, 0.05) is 19.8 Å². The van der Waals surface area contributed by atoms with Crippen LogP contribution in [0.5, 0.6) is 0 Å². The van der Waals surface area contributed by atoms with Gasteiger partial charge in [-0.1, -0.05) is 18.0 Å². The zero-order valence-electron chi connectivity index (χ0n) is 13.5. The van der Waals surface area contributed by atoms with E-state index < -0.39 is 17.7 Å². The van der Waals surface area contributed by atoms with Gasteiger partial charge in [0.25, 0.3) is 0 Å². The summed E-state index contributed by atoms with van der Waals surface area (Å²) in [6.07, 6.45) is 1.33. The van der Waals surface area contributed by atoms with E-state index in [0.717, 1.165) is 0 Å². The molecule has 0 aliphatic carbocycles. The van der Waals surface area contributed by atoms with Crippen LogP contribution < -0.4 is 9.62 Å². The number of rotatable bonds is 5. The van der Waals surface area contributed by atoms with E-state index in [0.29, 0.717) is 11.3 Å². The first kappa shape index (κ1) is 18.2. The van der Waals surface area contributed by atoms with E-state index in [2.05, 4.69) is 5.32 Å². The second-order valence-corrected chi connectivity index (χ2v) is 6.61. The normalized spacial score (nSPS) is 11.0. The minimum atomic E-state index is -1.00. The van der Waals surface area contributed by atoms with Crippen LogP contribution in [0.25, 0.3) is 0 Å². The Kier molecular flexibility index (Phi) is 6.11. The Morgan fingerprint density at radius 3 is 2.50 bits per heavy atom. The standard InChI is InChI=1S/C15H22N2O4S/c1-15(2,3)21-14(20)16-9-10-6-7-12(17(4)22-5)11(8-10)13(18)19/h6-8H,9H2,1-5H3,(H,16,20)(H,18,19). The highest BCUT2D eigenvalue weighted by atomic mass is 32.2. The van der Waals surface area contributed by atoms with Gasteiger partial charge in [-0.25, -0.2) is 9.59 Å². The van der Waals surface area contributed by atoms with Crippen LogP contribution in [0.15, 0.2) is 18.2 Å². The van der Waals surface area contributed by atoms with Crippen LogP contribution in [0.3, 0.4) is 0 Å². The van der Waals surface area contributed by atoms with Crippen LogP contribution in [0.1, 0.15) is 36.7 Å². The molecule has 6 nitrogen and oxygen atoms in total. The van der Waals surface area contributed by atoms with Gasteiger partial charge < -0.3 is 19.5 Å². The Labute approximate surface area is 135 Å². The second-order valence-electron chi connectivity index (χ2n) is 5.69. The number of nitrogens with zero attached hydrogens (tertiary/aromatic N) is 1. The molecular formula is C15H22N2O4S. The van der Waals surface area contributed by atoms with Crippen molar-refractivity contribution in [2.75, 3.05) is 17.6 Å². The second kappa shape index (κ2) is 7.40. The summed E-state index contributed by atoms with van der Waals surface area (Å²) < 4.78 is 6.91. The van der Waals surface area contributed by atoms with Gasteiger partial charge in [0.15, 0.2) is 0 Å². The molecule has 122 valence electrons. The number of alkyl carbamates (subject to hydrolysis) is 1. The maximum atomic E-state index is 11.6. The lowest BCUT2D eigenvalue weighted by atomic mass is 10.1. The quantitative estimate of drug-likeness (QED) is 0.809. The average Bonchev–Trinajstić information content (AvgIpc) is 2.42. The summed E-state index contributed by atoms with van der Waals surface area (Å²) in [6.45, 7) is 5.55. The van der Waals surface area contributed by atoms with E-state index in [9.17, 15) is 14.7 Å². The van der Waals surface area contributed by atoms with E-state index in [1.165, 1.54) is 11.9 Å². The number of anilines is 1. The zero-order chi connectivity index (χ0) is 16.9. The Bertz CT molecular complexity index is 555. The molecule has 0 heterocycles. The third-order valence-corrected chi connectivity index (χ3v) is 3.48. The Morgan fingerprint density at radius 1 is 1.36 bits per heavy atom. The SMILES string of the molecule is CSN(C)c1ccc(CNC(=O)OC(C)(C)C)cc1C(=O)O. The molecule has 0 unspecified atom stereocenters. The minimum Gasteiger partial charge on any atom is -0.478 e. The van der Waals surface area contributed by atoms with Gasteiger partial charge in [0.05, 0.1) is 11.3 Å². The van der Waals surface area contributed by atoms with Crippen molar-refractivity contribution in [1.82, 2.24) is 5.32 Å². The van der Waals surface area contributed by atoms with Crippen LogP contribution in [0.4, 0.5) is 10.5 Å². The molecule has 0 bridgehead atoms. The zero-order valence-corrected chi connectivity index (χ0v) is 14.3. The van der Waals surface area contributed by atoms with Crippen LogP contribution in [0, 0.1) is 0 Å². The number of nitrogens with one attached hydrogen (secondary N) is 1. The fourth-order valence-electron chi connectivity index (χ4n) is 1.73. The van der Waals surface area contributed by atoms with Gasteiger partial charge in [0.2, 0.25) is 0 Å². The molecule has 1 rings (SSSR count). The van der Waals surface area contributed by atoms with E-state index in [1.807, 2.05) is 6.26 Å². The van der Waals surface area contributed by atoms with Crippen molar-refractivity contribution in [2.45, 2.75) is 32.9 Å². The largest absolute Gasteiger partial charge is 0.478 e. The first-order chi connectivity index (χ1) is 10.1. The smallest absolute Gasteiger partial charge is 0.407 e. The summed E-state index contributed by atoms with van der Waals surface area (Å²) in [5.74, 6) is -1.00. The summed E-state index contributed by atoms with van der Waals surface area (Å²) in [7, 11) is 1.80. The maximum absolute atomic E-state index is 11.6. The molecule has 0 atom stereocenters. The number of carbonyl (C=O) groups is 2. The molecular weight excluding hydrogens is 304 g/mol. The molecule has 0 saturated heterocycles. The van der Waals surface area contributed by atoms with Gasteiger partial charge in [-0.05, 0) is 38.5 Å². The summed E-state index contributed by atoms with van der Waals surface area (Å²) >= 11 is 1.42. The van der Waals surface area contributed by atoms with Crippen molar-refractivity contribution < 1.29 is 19.4 Å². The Morgan fingerprint density at radius 2 is 2.00 bits per heavy atom. The van der Waals surface area contributed by atoms with Crippen molar-refractivity contribution >= 4 is 29.7 Å². The molecule has 0 radical (unpaired) electrons. The van der Waals surface area contributed by atoms with Gasteiger partial charge in [-0.15, -0.1) is 0 Å². The van der Waals surface area contributed by atoms with Crippen LogP contribution in [0.2, 0.25) is 0 Å². The summed E-state index contributed by atoms with van der Waals surface area (Å²) in [5, 5.41) is 11.9. The predicted molar refractivity (Wildman–Crippen MR) is 88.4 cm³/mol. The molecule has 0 aliphatic rings. The molecule has 2 N–H and O–H groups in total. The lowest BCUT2D eigenvalue weighted by Gasteiger charge is -2.20. The van der Waals surface area contributed by atoms with Crippen molar-refractivity contribution in [3.8, 4) is 0 Å². The van der Waals surface area contributed by atoms with E-state index in [-0.39, 0.29) is 12.1 Å². The molecule has 0 saturated carbocycles. The molecule has 1 aromatic carbocycles. The summed E-state index contributed by atoms with van der Waals surface area (Å²) in [6, 6.07) is 5.07. The Hall–Kier alpha value is -1.89. The number of benzene rings is 1. The highest BCUT2D eigenvalue weighted by molar-refractivity contribution is 7.99. The van der Waals surface area contributed by atoms with Gasteiger partial charge in [-0.2, -0.15) is 0 Å². The molecule has 1 aromatic rings. The lowest BCUT2D eigenvalue weighted by molar-refractivity contribution is 0.0523. The fraction of sp³-hybridized carbons (Fsp3) is 0.467. The number of hydrogen-bond donors (Lipinski definition) is 2. The topological polar surface area (TPSA) is 78.9 Å². The van der Waals surface area contributed by atoms with Crippen molar-refractivity contribution in [2.24, 2.45) is 0 Å². The molecule has 0 aromatic heterocycles. The molecule has 1 amide bonds. The first-order valence-electron chi connectivity index (χ1n) is 6.75. The van der Waals surface area contributed by atoms with Gasteiger partial charge in [-0.3, -0.25) is 0 Å². The number of aromatic carboxylic acids is 1. The van der Waals surface area contributed by atoms with Crippen LogP contribution in [-0.2, 0) is 11.3 Å². The third kappa shape index (κ3) is 5.48. The minimum absolute atomic E-state index is 0.195. The molecule has 0 spiro atoms. The summed E-state index contributed by atoms with van der Waals surface area (Å²) in [5.41, 5.74) is 0.934.